The molecule has 0 fully saturated rings. The molecule has 0 unspecified atom stereocenters. The lowest BCUT2D eigenvalue weighted by atomic mass is 9.96. The van der Waals surface area contributed by atoms with Crippen LogP contribution in [0, 0.1) is 22.7 Å². The molecular formula is C86H52N6. The summed E-state index contributed by atoms with van der Waals surface area (Å²) in [5.74, 6) is 0. The third kappa shape index (κ3) is 8.12. The minimum atomic E-state index is 0.518. The number of hydrogen-bond donors (Lipinski definition) is 0. The zero-order valence-electron chi connectivity index (χ0n) is 49.7. The number of fused-ring (bicyclic) bond motifs is 12. The first-order valence-corrected chi connectivity index (χ1v) is 31.1. The minimum absolute atomic E-state index is 0.518. The van der Waals surface area contributed by atoms with Crippen LogP contribution in [0.3, 0.4) is 0 Å². The molecule has 0 saturated carbocycles. The van der Waals surface area contributed by atoms with Gasteiger partial charge in [0.1, 0.15) is 0 Å². The fraction of sp³-hybridized carbons (Fsp3) is 0. The van der Waals surface area contributed by atoms with E-state index in [1.165, 1.54) is 43.6 Å². The third-order valence-corrected chi connectivity index (χ3v) is 18.8. The number of rotatable bonds is 9. The molecule has 18 aromatic rings. The Morgan fingerprint density at radius 2 is 0.435 bits per heavy atom. The van der Waals surface area contributed by atoms with Crippen LogP contribution in [0.4, 0.5) is 0 Å². The molecule has 0 saturated heterocycles. The summed E-state index contributed by atoms with van der Waals surface area (Å²) in [4.78, 5) is 0. The van der Waals surface area contributed by atoms with Gasteiger partial charge in [0.2, 0.25) is 0 Å². The van der Waals surface area contributed by atoms with Crippen LogP contribution in [0.15, 0.2) is 315 Å². The van der Waals surface area contributed by atoms with Crippen molar-refractivity contribution in [1.29, 1.82) is 10.5 Å². The summed E-state index contributed by atoms with van der Waals surface area (Å²) in [5, 5.41) is 30.8. The van der Waals surface area contributed by atoms with Crippen molar-refractivity contribution >= 4 is 87.2 Å². The van der Waals surface area contributed by atoms with Crippen LogP contribution in [0.1, 0.15) is 11.1 Å². The van der Waals surface area contributed by atoms with Gasteiger partial charge in [-0.3, -0.25) is 0 Å². The number of aromatic nitrogens is 4. The SMILES string of the molecule is N#Cc1ccc(-n2c3ccccc3c3cc(-c4ccc(-n5c6ccccc6c6ccccc65)c(-c5ccccc5)c4)ccc32)c(-c2cc(C#N)ccc2-n2c3ccccc3c3cc(-c4ccc(-n5c6ccccc6c6ccccc65)c(-c5ccccc5)c4)ccc32)c1. The molecule has 0 aliphatic rings. The zero-order chi connectivity index (χ0) is 61.0. The summed E-state index contributed by atoms with van der Waals surface area (Å²) in [6.45, 7) is 0. The van der Waals surface area contributed by atoms with E-state index in [0.29, 0.717) is 11.1 Å². The summed E-state index contributed by atoms with van der Waals surface area (Å²) >= 11 is 0. The fourth-order valence-electron chi connectivity index (χ4n) is 14.7. The van der Waals surface area contributed by atoms with Gasteiger partial charge in [-0.05, 0) is 155 Å². The van der Waals surface area contributed by atoms with Crippen LogP contribution < -0.4 is 0 Å². The van der Waals surface area contributed by atoms with Crippen molar-refractivity contribution in [3.8, 4) is 90.5 Å². The second kappa shape index (κ2) is 21.0. The predicted molar refractivity (Wildman–Crippen MR) is 380 cm³/mol. The van der Waals surface area contributed by atoms with Gasteiger partial charge in [0, 0.05) is 65.3 Å². The molecule has 0 aliphatic carbocycles. The van der Waals surface area contributed by atoms with Crippen LogP contribution in [-0.2, 0) is 0 Å². The van der Waals surface area contributed by atoms with E-state index in [4.69, 9.17) is 0 Å². The van der Waals surface area contributed by atoms with E-state index in [1.807, 2.05) is 24.3 Å². The normalized spacial score (nSPS) is 11.7. The Morgan fingerprint density at radius 1 is 0.185 bits per heavy atom. The van der Waals surface area contributed by atoms with Crippen LogP contribution >= 0.6 is 0 Å². The molecule has 0 bridgehead atoms. The van der Waals surface area contributed by atoms with Gasteiger partial charge in [0.15, 0.2) is 0 Å². The first-order chi connectivity index (χ1) is 45.6. The van der Waals surface area contributed by atoms with Gasteiger partial charge in [-0.15, -0.1) is 0 Å². The number of hydrogen-bond acceptors (Lipinski definition) is 2. The molecule has 14 aromatic carbocycles. The van der Waals surface area contributed by atoms with Gasteiger partial charge < -0.3 is 18.3 Å². The van der Waals surface area contributed by atoms with Gasteiger partial charge in [-0.2, -0.15) is 10.5 Å². The number of nitriles is 2. The second-order valence-electron chi connectivity index (χ2n) is 23.8. The highest BCUT2D eigenvalue weighted by atomic mass is 15.0. The summed E-state index contributed by atoms with van der Waals surface area (Å²) in [7, 11) is 0. The Kier molecular flexibility index (Phi) is 11.9. The Balaban J connectivity index is 0.791. The lowest BCUT2D eigenvalue weighted by Crippen LogP contribution is -2.02. The predicted octanol–water partition coefficient (Wildman–Crippen LogP) is 22.2. The molecule has 0 spiro atoms. The molecule has 0 atom stereocenters. The highest BCUT2D eigenvalue weighted by Crippen LogP contribution is 2.46. The lowest BCUT2D eigenvalue weighted by Gasteiger charge is -2.19. The molecule has 4 heterocycles. The zero-order valence-corrected chi connectivity index (χ0v) is 49.7. The fourth-order valence-corrected chi connectivity index (χ4v) is 14.7. The third-order valence-electron chi connectivity index (χ3n) is 18.8. The highest BCUT2D eigenvalue weighted by Gasteiger charge is 2.24. The van der Waals surface area contributed by atoms with E-state index < -0.39 is 0 Å². The largest absolute Gasteiger partial charge is 0.309 e. The Bertz CT molecular complexity index is 5670. The summed E-state index contributed by atoms with van der Waals surface area (Å²) in [6, 6.07) is 118. The highest BCUT2D eigenvalue weighted by molar-refractivity contribution is 6.15. The second-order valence-corrected chi connectivity index (χ2v) is 23.8. The van der Waals surface area contributed by atoms with E-state index in [0.717, 1.165) is 122 Å². The molecule has 0 aliphatic heterocycles. The first-order valence-electron chi connectivity index (χ1n) is 31.1. The maximum atomic E-state index is 10.7. The number of benzene rings is 14. The molecule has 4 aromatic heterocycles. The van der Waals surface area contributed by atoms with Gasteiger partial charge in [0.25, 0.3) is 0 Å². The van der Waals surface area contributed by atoms with E-state index in [9.17, 15) is 10.5 Å². The lowest BCUT2D eigenvalue weighted by molar-refractivity contribution is 1.16. The molecular weight excluding hydrogens is 1120 g/mol. The Labute approximate surface area is 530 Å². The first kappa shape index (κ1) is 52.4. The van der Waals surface area contributed by atoms with Crippen molar-refractivity contribution in [3.05, 3.63) is 327 Å². The van der Waals surface area contributed by atoms with Crippen molar-refractivity contribution < 1.29 is 0 Å². The van der Waals surface area contributed by atoms with Crippen LogP contribution in [0.2, 0.25) is 0 Å². The van der Waals surface area contributed by atoms with E-state index in [1.54, 1.807) is 0 Å². The van der Waals surface area contributed by atoms with Crippen molar-refractivity contribution in [1.82, 2.24) is 18.3 Å². The number of para-hydroxylation sites is 6. The van der Waals surface area contributed by atoms with E-state index in [2.05, 4.69) is 322 Å². The van der Waals surface area contributed by atoms with Crippen molar-refractivity contribution in [3.63, 3.8) is 0 Å². The molecule has 0 amide bonds. The minimum Gasteiger partial charge on any atom is -0.309 e. The Morgan fingerprint density at radius 3 is 0.761 bits per heavy atom. The van der Waals surface area contributed by atoms with Crippen LogP contribution in [0.5, 0.6) is 0 Å². The quantitative estimate of drug-likeness (QED) is 0.145. The molecule has 92 heavy (non-hydrogen) atoms. The van der Waals surface area contributed by atoms with Gasteiger partial charge >= 0.3 is 0 Å². The molecule has 0 N–H and O–H groups in total. The monoisotopic (exact) mass is 1170 g/mol. The van der Waals surface area contributed by atoms with Crippen LogP contribution in [-0.4, -0.2) is 18.3 Å². The Hall–Kier alpha value is -12.7. The summed E-state index contributed by atoms with van der Waals surface area (Å²) in [5.41, 5.74) is 24.4. The van der Waals surface area contributed by atoms with E-state index in [-0.39, 0.29) is 0 Å². The van der Waals surface area contributed by atoms with Crippen LogP contribution in [0.25, 0.3) is 166 Å². The van der Waals surface area contributed by atoms with E-state index >= 15 is 0 Å². The van der Waals surface area contributed by atoms with Crippen molar-refractivity contribution in [2.45, 2.75) is 0 Å². The standard InChI is InChI=1S/C86H52N6/c87-53-55-35-41-83(91-79-33-17-11-27-67(79)73-51-61(39-45-85(73)91)59-37-43-81(69(49-59)57-19-3-1-4-20-57)89-75-29-13-7-23-63(75)64-24-8-14-30-76(64)89)71(47-55)72-48-56(54-88)36-42-84(72)92-80-34-18-12-28-68(80)74-52-62(40-46-86(74)92)60-38-44-82(70(50-60)58-21-5-2-6-22-58)90-77-31-15-9-25-65(77)66-26-10-16-32-78(66)90/h1-52H. The van der Waals surface area contributed by atoms with Gasteiger partial charge in [0.05, 0.1) is 90.1 Å². The van der Waals surface area contributed by atoms with Gasteiger partial charge in [-0.1, -0.05) is 194 Å². The van der Waals surface area contributed by atoms with Crippen molar-refractivity contribution in [2.75, 3.05) is 0 Å². The summed E-state index contributed by atoms with van der Waals surface area (Å²) in [6.07, 6.45) is 0. The van der Waals surface area contributed by atoms with Gasteiger partial charge in [-0.25, -0.2) is 0 Å². The molecule has 6 heteroatoms. The maximum absolute atomic E-state index is 10.7. The molecule has 18 rings (SSSR count). The smallest absolute Gasteiger partial charge is 0.0991 e. The average molecular weight is 1170 g/mol. The molecule has 6 nitrogen and oxygen atoms in total. The molecule has 426 valence electrons. The molecule has 0 radical (unpaired) electrons. The maximum Gasteiger partial charge on any atom is 0.0991 e. The topological polar surface area (TPSA) is 67.3 Å². The summed E-state index contributed by atoms with van der Waals surface area (Å²) < 4.78 is 9.49. The average Bonchev–Trinajstić information content (AvgIpc) is 1.58. The number of nitrogens with zero attached hydrogens (tertiary/aromatic N) is 6. The van der Waals surface area contributed by atoms with Crippen molar-refractivity contribution in [2.24, 2.45) is 0 Å².